The van der Waals surface area contributed by atoms with Crippen molar-refractivity contribution >= 4 is 29.8 Å². The number of ether oxygens (including phenoxy) is 1. The van der Waals surface area contributed by atoms with Gasteiger partial charge in [0.15, 0.2) is 5.78 Å². The molecule has 3 rings (SSSR count). The highest BCUT2D eigenvalue weighted by atomic mass is 35.5. The molecule has 2 aromatic carbocycles. The summed E-state index contributed by atoms with van der Waals surface area (Å²) in [7, 11) is 1.58. The minimum atomic E-state index is -0.0958. The number of rotatable bonds is 6. The van der Waals surface area contributed by atoms with Crippen molar-refractivity contribution in [1.82, 2.24) is 5.32 Å². The Hall–Kier alpha value is -2.53. The number of Topliss-reactive ketones (excluding diaryl/α,β-unsaturated/α-hetero) is 1. The summed E-state index contributed by atoms with van der Waals surface area (Å²) in [5, 5.41) is 3.07. The molecule has 1 aliphatic rings. The smallest absolute Gasteiger partial charge is 0.220 e. The molecule has 3 N–H and O–H groups in total. The molecule has 0 aromatic heterocycles. The van der Waals surface area contributed by atoms with Crippen LogP contribution in [0.15, 0.2) is 42.5 Å². The Balaban J connectivity index is 0.00000261. The standard InChI is InChI=1S/C21H24N2O3.ClH/c1-26-17-8-5-14(6-9-17)20(24)11-12-21(25)23-19-4-2-3-15-13-16(22)7-10-18(15)19;/h5-10,13,19H,2-4,11-12,22H2,1H3,(H,23,25);1H. The van der Waals surface area contributed by atoms with Crippen LogP contribution in [0.3, 0.4) is 0 Å². The number of benzene rings is 2. The molecule has 6 heteroatoms. The maximum absolute atomic E-state index is 12.3. The second kappa shape index (κ2) is 9.42. The summed E-state index contributed by atoms with van der Waals surface area (Å²) in [6.45, 7) is 0. The normalized spacial score (nSPS) is 15.2. The second-order valence-electron chi connectivity index (χ2n) is 6.62. The minimum Gasteiger partial charge on any atom is -0.497 e. The Morgan fingerprint density at radius 3 is 2.59 bits per heavy atom. The topological polar surface area (TPSA) is 81.4 Å². The van der Waals surface area contributed by atoms with Crippen molar-refractivity contribution in [3.63, 3.8) is 0 Å². The number of hydrogen-bond donors (Lipinski definition) is 2. The Bertz CT molecular complexity index is 806. The molecular formula is C21H25ClN2O3. The van der Waals surface area contributed by atoms with Gasteiger partial charge in [-0.25, -0.2) is 0 Å². The van der Waals surface area contributed by atoms with Crippen LogP contribution in [0, 0.1) is 0 Å². The second-order valence-corrected chi connectivity index (χ2v) is 6.62. The van der Waals surface area contributed by atoms with Crippen molar-refractivity contribution in [2.24, 2.45) is 0 Å². The minimum absolute atomic E-state index is 0. The summed E-state index contributed by atoms with van der Waals surface area (Å²) in [5.74, 6) is 0.567. The van der Waals surface area contributed by atoms with E-state index in [2.05, 4.69) is 5.32 Å². The van der Waals surface area contributed by atoms with E-state index in [4.69, 9.17) is 10.5 Å². The molecule has 27 heavy (non-hydrogen) atoms. The maximum Gasteiger partial charge on any atom is 0.220 e. The molecule has 1 amide bonds. The van der Waals surface area contributed by atoms with Crippen molar-refractivity contribution < 1.29 is 14.3 Å². The van der Waals surface area contributed by atoms with Crippen molar-refractivity contribution in [2.45, 2.75) is 38.1 Å². The molecule has 0 fully saturated rings. The molecule has 0 heterocycles. The first-order valence-electron chi connectivity index (χ1n) is 8.91. The number of anilines is 1. The van der Waals surface area contributed by atoms with E-state index in [0.717, 1.165) is 30.5 Å². The molecular weight excluding hydrogens is 364 g/mol. The number of aryl methyl sites for hydroxylation is 1. The molecule has 1 aliphatic carbocycles. The summed E-state index contributed by atoms with van der Waals surface area (Å²) in [6.07, 6.45) is 3.30. The predicted octanol–water partition coefficient (Wildman–Crippen LogP) is 3.86. The van der Waals surface area contributed by atoms with E-state index < -0.39 is 0 Å². The number of nitrogens with two attached hydrogens (primary N) is 1. The molecule has 0 bridgehead atoms. The van der Waals surface area contributed by atoms with Gasteiger partial charge in [-0.05, 0) is 66.8 Å². The Labute approximate surface area is 165 Å². The third-order valence-electron chi connectivity index (χ3n) is 4.81. The van der Waals surface area contributed by atoms with Crippen molar-refractivity contribution in [1.29, 1.82) is 0 Å². The molecule has 1 unspecified atom stereocenters. The van der Waals surface area contributed by atoms with Gasteiger partial charge in [-0.3, -0.25) is 9.59 Å². The first kappa shape index (κ1) is 20.8. The first-order valence-corrected chi connectivity index (χ1v) is 8.91. The molecule has 1 atom stereocenters. The molecule has 0 radical (unpaired) electrons. The van der Waals surface area contributed by atoms with E-state index in [1.54, 1.807) is 31.4 Å². The Kier molecular flexibility index (Phi) is 7.25. The number of amides is 1. The molecule has 2 aromatic rings. The van der Waals surface area contributed by atoms with E-state index in [1.165, 1.54) is 5.56 Å². The van der Waals surface area contributed by atoms with Crippen LogP contribution in [-0.4, -0.2) is 18.8 Å². The highest BCUT2D eigenvalue weighted by Crippen LogP contribution is 2.31. The van der Waals surface area contributed by atoms with Gasteiger partial charge < -0.3 is 15.8 Å². The maximum atomic E-state index is 12.3. The number of carbonyl (C=O) groups excluding carboxylic acids is 2. The van der Waals surface area contributed by atoms with Crippen molar-refractivity contribution in [3.05, 3.63) is 59.2 Å². The third kappa shape index (κ3) is 5.23. The van der Waals surface area contributed by atoms with Crippen LogP contribution >= 0.6 is 12.4 Å². The number of ketones is 1. The largest absolute Gasteiger partial charge is 0.497 e. The lowest BCUT2D eigenvalue weighted by atomic mass is 9.87. The SMILES string of the molecule is COc1ccc(C(=O)CCC(=O)NC2CCCc3cc(N)ccc32)cc1.Cl. The zero-order valence-electron chi connectivity index (χ0n) is 15.4. The molecule has 5 nitrogen and oxygen atoms in total. The van der Waals surface area contributed by atoms with Crippen LogP contribution in [0.5, 0.6) is 5.75 Å². The number of carbonyl (C=O) groups is 2. The fraction of sp³-hybridized carbons (Fsp3) is 0.333. The number of methoxy groups -OCH3 is 1. The molecule has 0 saturated carbocycles. The lowest BCUT2D eigenvalue weighted by molar-refractivity contribution is -0.121. The monoisotopic (exact) mass is 388 g/mol. The van der Waals surface area contributed by atoms with Crippen LogP contribution in [0.1, 0.15) is 53.2 Å². The fourth-order valence-corrected chi connectivity index (χ4v) is 3.40. The lowest BCUT2D eigenvalue weighted by Crippen LogP contribution is -2.31. The zero-order chi connectivity index (χ0) is 18.5. The molecule has 0 spiro atoms. The van der Waals surface area contributed by atoms with E-state index in [-0.39, 0.29) is 43.0 Å². The summed E-state index contributed by atoms with van der Waals surface area (Å²) >= 11 is 0. The summed E-state index contributed by atoms with van der Waals surface area (Å²) in [6, 6.07) is 12.8. The van der Waals surface area contributed by atoms with Crippen LogP contribution in [-0.2, 0) is 11.2 Å². The Morgan fingerprint density at radius 1 is 1.15 bits per heavy atom. The molecule has 0 saturated heterocycles. The van der Waals surface area contributed by atoms with Gasteiger partial charge in [0, 0.05) is 24.1 Å². The predicted molar refractivity (Wildman–Crippen MR) is 108 cm³/mol. The summed E-state index contributed by atoms with van der Waals surface area (Å²) in [5.41, 5.74) is 9.54. The number of hydrogen-bond acceptors (Lipinski definition) is 4. The quantitative estimate of drug-likeness (QED) is 0.581. The van der Waals surface area contributed by atoms with E-state index in [1.807, 2.05) is 18.2 Å². The molecule has 0 aliphatic heterocycles. The third-order valence-corrected chi connectivity index (χ3v) is 4.81. The highest BCUT2D eigenvalue weighted by Gasteiger charge is 2.22. The average Bonchev–Trinajstić information content (AvgIpc) is 2.66. The number of nitrogen functional groups attached to an aromatic ring is 1. The van der Waals surface area contributed by atoms with Crippen LogP contribution in [0.4, 0.5) is 5.69 Å². The van der Waals surface area contributed by atoms with Gasteiger partial charge in [-0.15, -0.1) is 12.4 Å². The van der Waals surface area contributed by atoms with Gasteiger partial charge in [-0.2, -0.15) is 0 Å². The fourth-order valence-electron chi connectivity index (χ4n) is 3.40. The molecule has 144 valence electrons. The zero-order valence-corrected chi connectivity index (χ0v) is 16.2. The van der Waals surface area contributed by atoms with Crippen LogP contribution in [0.25, 0.3) is 0 Å². The van der Waals surface area contributed by atoms with Crippen molar-refractivity contribution in [3.8, 4) is 5.75 Å². The van der Waals surface area contributed by atoms with Gasteiger partial charge >= 0.3 is 0 Å². The number of nitrogens with one attached hydrogen (secondary N) is 1. The van der Waals surface area contributed by atoms with Gasteiger partial charge in [0.2, 0.25) is 5.91 Å². The lowest BCUT2D eigenvalue weighted by Gasteiger charge is -2.26. The Morgan fingerprint density at radius 2 is 1.89 bits per heavy atom. The summed E-state index contributed by atoms with van der Waals surface area (Å²) < 4.78 is 5.08. The highest BCUT2D eigenvalue weighted by molar-refractivity contribution is 5.98. The van der Waals surface area contributed by atoms with Gasteiger partial charge in [0.1, 0.15) is 5.75 Å². The number of fused-ring (bicyclic) bond motifs is 1. The summed E-state index contributed by atoms with van der Waals surface area (Å²) in [4.78, 5) is 24.6. The first-order chi connectivity index (χ1) is 12.6. The van der Waals surface area contributed by atoms with E-state index in [9.17, 15) is 9.59 Å². The number of halogens is 1. The van der Waals surface area contributed by atoms with Gasteiger partial charge in [0.05, 0.1) is 13.2 Å². The van der Waals surface area contributed by atoms with Gasteiger partial charge in [0.25, 0.3) is 0 Å². The van der Waals surface area contributed by atoms with Crippen LogP contribution in [0.2, 0.25) is 0 Å². The van der Waals surface area contributed by atoms with Crippen LogP contribution < -0.4 is 15.8 Å². The van der Waals surface area contributed by atoms with E-state index in [0.29, 0.717) is 11.3 Å². The average molecular weight is 389 g/mol. The van der Waals surface area contributed by atoms with E-state index >= 15 is 0 Å². The van der Waals surface area contributed by atoms with Gasteiger partial charge in [-0.1, -0.05) is 6.07 Å². The van der Waals surface area contributed by atoms with Crippen molar-refractivity contribution in [2.75, 3.05) is 12.8 Å².